The lowest BCUT2D eigenvalue weighted by Gasteiger charge is -2.26. The quantitative estimate of drug-likeness (QED) is 0.365. The molecule has 1 unspecified atom stereocenters. The minimum Gasteiger partial charge on any atom is -0.485 e. The van der Waals surface area contributed by atoms with E-state index in [0.717, 1.165) is 18.4 Å². The molecule has 1 aromatic carbocycles. The summed E-state index contributed by atoms with van der Waals surface area (Å²) in [5.74, 6) is -1.30. The first-order chi connectivity index (χ1) is 16.3. The van der Waals surface area contributed by atoms with Crippen LogP contribution in [0.3, 0.4) is 0 Å². The van der Waals surface area contributed by atoms with Gasteiger partial charge in [-0.25, -0.2) is 13.8 Å². The van der Waals surface area contributed by atoms with Crippen LogP contribution in [0.25, 0.3) is 5.65 Å². The highest BCUT2D eigenvalue weighted by Crippen LogP contribution is 2.26. The summed E-state index contributed by atoms with van der Waals surface area (Å²) in [6.07, 6.45) is 3.65. The van der Waals surface area contributed by atoms with E-state index >= 15 is 0 Å². The van der Waals surface area contributed by atoms with E-state index in [0.29, 0.717) is 29.3 Å². The summed E-state index contributed by atoms with van der Waals surface area (Å²) >= 11 is 0. The van der Waals surface area contributed by atoms with Crippen molar-refractivity contribution in [2.45, 2.75) is 71.4 Å². The van der Waals surface area contributed by atoms with Crippen molar-refractivity contribution in [3.63, 3.8) is 0 Å². The highest BCUT2D eigenvalue weighted by Gasteiger charge is 2.24. The molecule has 0 aliphatic carbocycles. The monoisotopic (exact) mass is 502 g/mol. The molecule has 0 aliphatic rings. The fourth-order valence-electron chi connectivity index (χ4n) is 4.03. The van der Waals surface area contributed by atoms with Gasteiger partial charge >= 0.3 is 0 Å². The second-order valence-electron chi connectivity index (χ2n) is 10.9. The largest absolute Gasteiger partial charge is 0.485 e. The Balaban J connectivity index is 1.78. The van der Waals surface area contributed by atoms with Crippen LogP contribution in [0.5, 0.6) is 5.75 Å². The van der Waals surface area contributed by atoms with Crippen LogP contribution in [0.4, 0.5) is 8.78 Å². The third-order valence-electron chi connectivity index (χ3n) is 5.97. The Labute approximate surface area is 206 Å². The van der Waals surface area contributed by atoms with E-state index in [1.165, 1.54) is 24.2 Å². The van der Waals surface area contributed by atoms with Crippen molar-refractivity contribution in [2.75, 3.05) is 6.54 Å². The molecule has 1 amide bonds. The first kappa shape index (κ1) is 26.8. The topological polar surface area (TPSA) is 81.6 Å². The maximum atomic E-state index is 14.0. The molecule has 0 fully saturated rings. The van der Waals surface area contributed by atoms with Gasteiger partial charge in [-0.1, -0.05) is 38.2 Å². The molecule has 3 rings (SSSR count). The van der Waals surface area contributed by atoms with Crippen molar-refractivity contribution < 1.29 is 18.3 Å². The Morgan fingerprint density at radius 3 is 2.51 bits per heavy atom. The molecule has 0 aliphatic heterocycles. The van der Waals surface area contributed by atoms with Crippen molar-refractivity contribution in [1.29, 1.82) is 0 Å². The average molecular weight is 503 g/mol. The molecule has 6 nitrogen and oxygen atoms in total. The first-order valence-electron chi connectivity index (χ1n) is 11.9. The Hall–Kier alpha value is -2.78. The van der Waals surface area contributed by atoms with Gasteiger partial charge in [0.25, 0.3) is 5.91 Å². The molecule has 9 heteroatoms. The normalized spacial score (nSPS) is 13.6. The van der Waals surface area contributed by atoms with E-state index in [1.54, 1.807) is 23.6 Å². The molecule has 2 aromatic heterocycles. The Kier molecular flexibility index (Phi) is 8.01. The van der Waals surface area contributed by atoms with Gasteiger partial charge in [-0.2, -0.15) is 0 Å². The Morgan fingerprint density at radius 2 is 1.89 bits per heavy atom. The number of nitrogens with two attached hydrogens (primary N) is 1. The maximum absolute atomic E-state index is 14.0. The van der Waals surface area contributed by atoms with Crippen molar-refractivity contribution in [3.05, 3.63) is 64.6 Å². The van der Waals surface area contributed by atoms with Gasteiger partial charge < -0.3 is 15.8 Å². The summed E-state index contributed by atoms with van der Waals surface area (Å²) in [7, 11) is -1.14. The van der Waals surface area contributed by atoms with Crippen LogP contribution < -0.4 is 15.8 Å². The Bertz CT molecular complexity index is 1200. The van der Waals surface area contributed by atoms with E-state index in [2.05, 4.69) is 29.9 Å². The number of aryl methyl sites for hydroxylation is 2. The highest BCUT2D eigenvalue weighted by atomic mass is 28.3. The smallest absolute Gasteiger partial charge is 0.270 e. The lowest BCUT2D eigenvalue weighted by molar-refractivity contribution is 0.0937. The van der Waals surface area contributed by atoms with Gasteiger partial charge in [0.15, 0.2) is 11.4 Å². The van der Waals surface area contributed by atoms with Crippen LogP contribution in [-0.4, -0.2) is 35.4 Å². The molecule has 0 saturated carbocycles. The number of carbonyl (C=O) groups is 1. The average Bonchev–Trinajstić information content (AvgIpc) is 3.06. The first-order valence-corrected chi connectivity index (χ1v) is 15.6. The number of halogens is 2. The SMILES string of the molecule is Cc1cc(OCc2c(F)cccc2F)c2nc(C)c(C(=O)NCC(C)(N)CCC[Si](C)(C)C)n2c1. The number of nitrogens with zero attached hydrogens (tertiary/aromatic N) is 2. The predicted octanol–water partition coefficient (Wildman–Crippen LogP) is 5.37. The third-order valence-corrected chi connectivity index (χ3v) is 7.83. The number of nitrogens with one attached hydrogen (secondary N) is 1. The molecule has 0 saturated heterocycles. The molecule has 3 aromatic rings. The number of rotatable bonds is 10. The molecule has 0 bridgehead atoms. The van der Waals surface area contributed by atoms with Gasteiger partial charge in [0.05, 0.1) is 11.3 Å². The molecular weight excluding hydrogens is 466 g/mol. The maximum Gasteiger partial charge on any atom is 0.270 e. The summed E-state index contributed by atoms with van der Waals surface area (Å²) in [6.45, 7) is 12.6. The molecule has 0 spiro atoms. The molecule has 0 radical (unpaired) electrons. The second-order valence-corrected chi connectivity index (χ2v) is 16.5. The molecular formula is C26H36F2N4O2Si. The number of amides is 1. The fraction of sp³-hybridized carbons (Fsp3) is 0.462. The highest BCUT2D eigenvalue weighted by molar-refractivity contribution is 6.76. The number of benzene rings is 1. The summed E-state index contributed by atoms with van der Waals surface area (Å²) in [4.78, 5) is 17.7. The van der Waals surface area contributed by atoms with Gasteiger partial charge in [-0.05, 0) is 51.0 Å². The van der Waals surface area contributed by atoms with Crippen molar-refractivity contribution in [2.24, 2.45) is 5.73 Å². The third kappa shape index (κ3) is 6.88. The Morgan fingerprint density at radius 1 is 1.23 bits per heavy atom. The minimum atomic E-state index is -1.14. The lowest BCUT2D eigenvalue weighted by atomic mass is 9.97. The zero-order chi connectivity index (χ0) is 26.0. The van der Waals surface area contributed by atoms with E-state index in [9.17, 15) is 13.6 Å². The van der Waals surface area contributed by atoms with Gasteiger partial charge in [-0.3, -0.25) is 9.20 Å². The number of hydrogen-bond acceptors (Lipinski definition) is 4. The van der Waals surface area contributed by atoms with E-state index < -0.39 is 25.2 Å². The molecule has 2 heterocycles. The van der Waals surface area contributed by atoms with Crippen LogP contribution in [0.1, 0.15) is 47.1 Å². The molecule has 35 heavy (non-hydrogen) atoms. The van der Waals surface area contributed by atoms with E-state index in [4.69, 9.17) is 10.5 Å². The van der Waals surface area contributed by atoms with Crippen LogP contribution >= 0.6 is 0 Å². The summed E-state index contributed by atoms with van der Waals surface area (Å²) in [6, 6.07) is 6.61. The van der Waals surface area contributed by atoms with Gasteiger partial charge in [0.2, 0.25) is 0 Å². The second kappa shape index (κ2) is 10.5. The zero-order valence-electron chi connectivity index (χ0n) is 21.5. The van der Waals surface area contributed by atoms with Crippen LogP contribution in [-0.2, 0) is 6.61 Å². The number of ether oxygens (including phenoxy) is 1. The van der Waals surface area contributed by atoms with Crippen LogP contribution in [0, 0.1) is 25.5 Å². The lowest BCUT2D eigenvalue weighted by Crippen LogP contribution is -2.48. The summed E-state index contributed by atoms with van der Waals surface area (Å²) in [5.41, 5.74) is 7.90. The molecule has 190 valence electrons. The van der Waals surface area contributed by atoms with Gasteiger partial charge in [-0.15, -0.1) is 0 Å². The van der Waals surface area contributed by atoms with Gasteiger partial charge in [0, 0.05) is 26.4 Å². The van der Waals surface area contributed by atoms with Crippen LogP contribution in [0.15, 0.2) is 30.5 Å². The fourth-order valence-corrected chi connectivity index (χ4v) is 5.27. The van der Waals surface area contributed by atoms with E-state index in [1.807, 2.05) is 13.8 Å². The van der Waals surface area contributed by atoms with Gasteiger partial charge in [0.1, 0.15) is 23.9 Å². The van der Waals surface area contributed by atoms with Crippen LogP contribution in [0.2, 0.25) is 25.7 Å². The standard InChI is InChI=1S/C26H36F2N4O2Si/c1-17-13-22(34-15-19-20(27)9-7-10-21(19)28)24-31-18(2)23(32(24)14-17)25(33)30-16-26(3,29)11-8-12-35(4,5)6/h7,9-10,13-14H,8,11-12,15-16,29H2,1-6H3,(H,30,33). The van der Waals surface area contributed by atoms with Crippen molar-refractivity contribution >= 4 is 19.6 Å². The number of hydrogen-bond donors (Lipinski definition) is 2. The zero-order valence-corrected chi connectivity index (χ0v) is 22.5. The molecule has 3 N–H and O–H groups in total. The number of pyridine rings is 1. The van der Waals surface area contributed by atoms with Crippen molar-refractivity contribution in [1.82, 2.24) is 14.7 Å². The number of fused-ring (bicyclic) bond motifs is 1. The number of aromatic nitrogens is 2. The summed E-state index contributed by atoms with van der Waals surface area (Å²) < 4.78 is 35.5. The van der Waals surface area contributed by atoms with Crippen molar-refractivity contribution in [3.8, 4) is 5.75 Å². The minimum absolute atomic E-state index is 0.162. The summed E-state index contributed by atoms with van der Waals surface area (Å²) in [5, 5.41) is 2.96. The number of imidazole rings is 1. The number of carbonyl (C=O) groups excluding carboxylic acids is 1. The molecule has 1 atom stereocenters. The van der Waals surface area contributed by atoms with E-state index in [-0.39, 0.29) is 18.1 Å². The predicted molar refractivity (Wildman–Crippen MR) is 138 cm³/mol.